The minimum atomic E-state index is -0.626. The molecule has 7 nitrogen and oxygen atoms in total. The molecule has 3 aromatic rings. The van der Waals surface area contributed by atoms with E-state index in [2.05, 4.69) is 10.6 Å². The second-order valence-electron chi connectivity index (χ2n) is 7.41. The van der Waals surface area contributed by atoms with Crippen molar-refractivity contribution in [1.82, 2.24) is 15.5 Å². The number of amides is 3. The van der Waals surface area contributed by atoms with Crippen LogP contribution in [0.2, 0.25) is 0 Å². The fourth-order valence-corrected chi connectivity index (χ4v) is 4.23. The first kappa shape index (κ1) is 20.2. The molecule has 0 radical (unpaired) electrons. The molecule has 1 aromatic carbocycles. The summed E-state index contributed by atoms with van der Waals surface area (Å²) in [6, 6.07) is 11.2. The smallest absolute Gasteiger partial charge is 0.309 e. The maximum atomic E-state index is 12.7. The lowest BCUT2D eigenvalue weighted by Gasteiger charge is -2.31. The van der Waals surface area contributed by atoms with E-state index in [1.807, 2.05) is 41.1 Å². The zero-order valence-electron chi connectivity index (χ0n) is 16.4. The van der Waals surface area contributed by atoms with E-state index in [0.717, 1.165) is 23.8 Å². The number of nitrogens with one attached hydrogen (secondary N) is 2. The van der Waals surface area contributed by atoms with E-state index < -0.39 is 11.8 Å². The van der Waals surface area contributed by atoms with Crippen LogP contribution in [-0.4, -0.2) is 42.3 Å². The molecule has 0 spiro atoms. The number of para-hydroxylation sites is 1. The second kappa shape index (κ2) is 9.13. The monoisotopic (exact) mass is 425 g/mol. The van der Waals surface area contributed by atoms with Gasteiger partial charge in [0.1, 0.15) is 5.58 Å². The number of likely N-dealkylation sites (tertiary alicyclic amines) is 1. The third kappa shape index (κ3) is 4.71. The number of carbonyl (C=O) groups excluding carboxylic acids is 3. The molecular formula is C22H23N3O4S. The van der Waals surface area contributed by atoms with Crippen LogP contribution in [0.3, 0.4) is 0 Å². The minimum absolute atomic E-state index is 0.110. The standard InChI is InChI=1S/C22H23N3O4S/c26-20(21(27)24-13-16-7-10-30-14-16)23-12-15-5-8-25(9-6-15)22(28)19-11-17-3-1-2-4-18(17)29-19/h1-4,7,10-11,14-15H,5-6,8-9,12-13H2,(H,23,26)(H,24,27). The molecule has 1 aliphatic rings. The first-order chi connectivity index (χ1) is 14.6. The SMILES string of the molecule is O=C(NCc1ccsc1)C(=O)NCC1CCN(C(=O)c2cc3ccccc3o2)CC1. The van der Waals surface area contributed by atoms with Crippen LogP contribution in [0, 0.1) is 5.92 Å². The van der Waals surface area contributed by atoms with Crippen molar-refractivity contribution >= 4 is 40.0 Å². The van der Waals surface area contributed by atoms with E-state index >= 15 is 0 Å². The lowest BCUT2D eigenvalue weighted by atomic mass is 9.96. The van der Waals surface area contributed by atoms with Gasteiger partial charge in [-0.2, -0.15) is 11.3 Å². The average molecular weight is 426 g/mol. The summed E-state index contributed by atoms with van der Waals surface area (Å²) in [5.41, 5.74) is 1.68. The van der Waals surface area contributed by atoms with Crippen molar-refractivity contribution in [2.75, 3.05) is 19.6 Å². The molecule has 0 unspecified atom stereocenters. The number of hydrogen-bond acceptors (Lipinski definition) is 5. The Morgan fingerprint density at radius 1 is 1.07 bits per heavy atom. The molecule has 3 heterocycles. The van der Waals surface area contributed by atoms with Crippen LogP contribution in [0.15, 0.2) is 51.6 Å². The van der Waals surface area contributed by atoms with Gasteiger partial charge in [-0.05, 0) is 53.3 Å². The molecule has 2 N–H and O–H groups in total. The Balaban J connectivity index is 1.21. The number of benzene rings is 1. The molecule has 30 heavy (non-hydrogen) atoms. The molecule has 0 aliphatic carbocycles. The van der Waals surface area contributed by atoms with Crippen LogP contribution in [0.25, 0.3) is 11.0 Å². The molecule has 1 fully saturated rings. The molecular weight excluding hydrogens is 402 g/mol. The number of piperidine rings is 1. The van der Waals surface area contributed by atoms with Gasteiger partial charge in [0, 0.05) is 31.6 Å². The van der Waals surface area contributed by atoms with E-state index in [-0.39, 0.29) is 11.8 Å². The average Bonchev–Trinajstić information content (AvgIpc) is 3.45. The fraction of sp³-hybridized carbons (Fsp3) is 0.318. The summed E-state index contributed by atoms with van der Waals surface area (Å²) in [6.07, 6.45) is 1.53. The molecule has 8 heteroatoms. The molecule has 0 atom stereocenters. The molecule has 0 saturated carbocycles. The Labute approximate surface area is 178 Å². The van der Waals surface area contributed by atoms with Crippen molar-refractivity contribution in [1.29, 1.82) is 0 Å². The number of rotatable bonds is 5. The van der Waals surface area contributed by atoms with Gasteiger partial charge in [-0.25, -0.2) is 0 Å². The van der Waals surface area contributed by atoms with Gasteiger partial charge in [-0.15, -0.1) is 0 Å². The normalized spacial score (nSPS) is 14.6. The van der Waals surface area contributed by atoms with Crippen molar-refractivity contribution in [3.8, 4) is 0 Å². The third-order valence-electron chi connectivity index (χ3n) is 5.33. The highest BCUT2D eigenvalue weighted by molar-refractivity contribution is 7.07. The number of nitrogens with zero attached hydrogens (tertiary/aromatic N) is 1. The van der Waals surface area contributed by atoms with Gasteiger partial charge in [0.2, 0.25) is 0 Å². The lowest BCUT2D eigenvalue weighted by molar-refractivity contribution is -0.139. The van der Waals surface area contributed by atoms with Crippen molar-refractivity contribution in [2.45, 2.75) is 19.4 Å². The lowest BCUT2D eigenvalue weighted by Crippen LogP contribution is -2.44. The first-order valence-corrected chi connectivity index (χ1v) is 10.9. The predicted molar refractivity (Wildman–Crippen MR) is 114 cm³/mol. The topological polar surface area (TPSA) is 91.7 Å². The third-order valence-corrected chi connectivity index (χ3v) is 6.06. The summed E-state index contributed by atoms with van der Waals surface area (Å²) < 4.78 is 5.67. The van der Waals surface area contributed by atoms with Crippen LogP contribution in [0.5, 0.6) is 0 Å². The van der Waals surface area contributed by atoms with Gasteiger partial charge >= 0.3 is 11.8 Å². The van der Waals surface area contributed by atoms with Gasteiger partial charge in [0.15, 0.2) is 5.76 Å². The quantitative estimate of drug-likeness (QED) is 0.615. The van der Waals surface area contributed by atoms with E-state index in [0.29, 0.717) is 37.5 Å². The van der Waals surface area contributed by atoms with Crippen molar-refractivity contribution in [3.05, 3.63) is 58.5 Å². The van der Waals surface area contributed by atoms with E-state index in [9.17, 15) is 14.4 Å². The molecule has 0 bridgehead atoms. The Bertz CT molecular complexity index is 1000. The Kier molecular flexibility index (Phi) is 6.13. The number of hydrogen-bond donors (Lipinski definition) is 2. The predicted octanol–water partition coefficient (Wildman–Crippen LogP) is 2.78. The summed E-state index contributed by atoms with van der Waals surface area (Å²) in [4.78, 5) is 38.4. The van der Waals surface area contributed by atoms with E-state index in [1.165, 1.54) is 0 Å². The van der Waals surface area contributed by atoms with Crippen LogP contribution in [-0.2, 0) is 16.1 Å². The summed E-state index contributed by atoms with van der Waals surface area (Å²) in [6.45, 7) is 1.97. The molecule has 156 valence electrons. The summed E-state index contributed by atoms with van der Waals surface area (Å²) in [7, 11) is 0. The zero-order valence-corrected chi connectivity index (χ0v) is 17.2. The number of thiophene rings is 1. The number of fused-ring (bicyclic) bond motifs is 1. The minimum Gasteiger partial charge on any atom is -0.451 e. The fourth-order valence-electron chi connectivity index (χ4n) is 3.56. The summed E-state index contributed by atoms with van der Waals surface area (Å²) in [5, 5.41) is 10.1. The van der Waals surface area contributed by atoms with Gasteiger partial charge < -0.3 is 20.0 Å². The van der Waals surface area contributed by atoms with Gasteiger partial charge in [-0.1, -0.05) is 18.2 Å². The van der Waals surface area contributed by atoms with Gasteiger partial charge in [-0.3, -0.25) is 14.4 Å². The molecule has 1 aliphatic heterocycles. The van der Waals surface area contributed by atoms with E-state index in [4.69, 9.17) is 4.42 Å². The van der Waals surface area contributed by atoms with Crippen molar-refractivity contribution in [3.63, 3.8) is 0 Å². The van der Waals surface area contributed by atoms with Crippen molar-refractivity contribution in [2.24, 2.45) is 5.92 Å². The number of furan rings is 1. The van der Waals surface area contributed by atoms with E-state index in [1.54, 1.807) is 22.3 Å². The van der Waals surface area contributed by atoms with Crippen LogP contribution in [0.4, 0.5) is 0 Å². The number of carbonyl (C=O) groups is 3. The summed E-state index contributed by atoms with van der Waals surface area (Å²) >= 11 is 1.54. The zero-order chi connectivity index (χ0) is 20.9. The Morgan fingerprint density at radius 3 is 2.57 bits per heavy atom. The maximum Gasteiger partial charge on any atom is 0.309 e. The maximum absolute atomic E-state index is 12.7. The Morgan fingerprint density at radius 2 is 1.83 bits per heavy atom. The van der Waals surface area contributed by atoms with Crippen LogP contribution < -0.4 is 10.6 Å². The first-order valence-electron chi connectivity index (χ1n) is 9.95. The largest absolute Gasteiger partial charge is 0.451 e. The van der Waals surface area contributed by atoms with Gasteiger partial charge in [0.25, 0.3) is 5.91 Å². The van der Waals surface area contributed by atoms with Crippen molar-refractivity contribution < 1.29 is 18.8 Å². The van der Waals surface area contributed by atoms with Crippen LogP contribution >= 0.6 is 11.3 Å². The highest BCUT2D eigenvalue weighted by atomic mass is 32.1. The van der Waals surface area contributed by atoms with Crippen LogP contribution in [0.1, 0.15) is 29.0 Å². The highest BCUT2D eigenvalue weighted by Crippen LogP contribution is 2.23. The van der Waals surface area contributed by atoms with Gasteiger partial charge in [0.05, 0.1) is 0 Å². The molecule has 2 aromatic heterocycles. The summed E-state index contributed by atoms with van der Waals surface area (Å²) in [5.74, 6) is -0.769. The molecule has 4 rings (SSSR count). The molecule has 3 amide bonds. The highest BCUT2D eigenvalue weighted by Gasteiger charge is 2.26. The second-order valence-corrected chi connectivity index (χ2v) is 8.19. The molecule has 1 saturated heterocycles. The Hall–Kier alpha value is -3.13.